The fraction of sp³-hybridized carbons (Fsp3) is 0. The zero-order valence-electron chi connectivity index (χ0n) is 2.92. The van der Waals surface area contributed by atoms with Gasteiger partial charge in [-0.3, -0.25) is 8.66 Å². The summed E-state index contributed by atoms with van der Waals surface area (Å²) in [4.78, 5) is 8.06. The molecule has 0 spiro atoms. The third-order valence-corrected chi connectivity index (χ3v) is 1.27. The van der Waals surface area contributed by atoms with E-state index in [0.29, 0.717) is 8.60 Å². The zero-order chi connectivity index (χ0) is 4.28. The van der Waals surface area contributed by atoms with Crippen molar-refractivity contribution in [3.05, 3.63) is 0 Å². The van der Waals surface area contributed by atoms with E-state index in [9.17, 15) is 0 Å². The Balaban J connectivity index is 3.14. The van der Waals surface area contributed by atoms with Crippen LogP contribution in [0.25, 0.3) is 0 Å². The van der Waals surface area contributed by atoms with Gasteiger partial charge in [0.25, 0.3) is 0 Å². The van der Waals surface area contributed by atoms with Gasteiger partial charge in [-0.25, -0.2) is 0 Å². The third-order valence-electron chi connectivity index (χ3n) is 0.141. The second kappa shape index (κ2) is 2.92. The Kier molecular flexibility index (Phi) is 3.33. The maximum Gasteiger partial charge on any atom is 0.365 e. The highest BCUT2D eigenvalue weighted by atomic mass is 31.1. The van der Waals surface area contributed by atoms with Gasteiger partial charge >= 0.3 is 19.0 Å². The second-order valence-electron chi connectivity index (χ2n) is 0.663. The molecule has 0 bridgehead atoms. The highest BCUT2D eigenvalue weighted by Crippen LogP contribution is 1.91. The molecule has 0 amide bonds. The molecule has 0 radical (unpaired) electrons. The van der Waals surface area contributed by atoms with Crippen molar-refractivity contribution in [3.63, 3.8) is 0 Å². The molecule has 0 aliphatic rings. The van der Waals surface area contributed by atoms with E-state index < -0.39 is 0 Å². The largest absolute Gasteiger partial charge is 0.365 e. The van der Waals surface area contributed by atoms with E-state index in [4.69, 9.17) is 4.89 Å². The summed E-state index contributed by atoms with van der Waals surface area (Å²) in [6.07, 6.45) is 0. The molecular formula is H6NOP2Si+. The van der Waals surface area contributed by atoms with E-state index >= 15 is 0 Å². The SMILES string of the molecule is OP=[N+]([SiH3])P. The van der Waals surface area contributed by atoms with Gasteiger partial charge in [0.1, 0.15) is 9.39 Å². The molecule has 1 unspecified atom stereocenters. The maximum absolute atomic E-state index is 8.06. The lowest BCUT2D eigenvalue weighted by molar-refractivity contribution is -0.134. The van der Waals surface area contributed by atoms with Crippen LogP contribution in [0, 0.1) is 0 Å². The van der Waals surface area contributed by atoms with Gasteiger partial charge in [0, 0.05) is 0 Å². The molecule has 0 fully saturated rings. The van der Waals surface area contributed by atoms with Gasteiger partial charge < -0.3 is 0 Å². The lowest BCUT2D eigenvalue weighted by Gasteiger charge is -1.69. The normalized spacial score (nSPS) is 12.8. The molecule has 0 aromatic heterocycles. The van der Waals surface area contributed by atoms with E-state index in [2.05, 4.69) is 9.39 Å². The Morgan fingerprint density at radius 1 is 2.00 bits per heavy atom. The summed E-state index contributed by atoms with van der Waals surface area (Å²) < 4.78 is 1.71. The van der Waals surface area contributed by atoms with Crippen LogP contribution >= 0.6 is 18.0 Å². The first-order chi connectivity index (χ1) is 2.27. The van der Waals surface area contributed by atoms with Crippen molar-refractivity contribution in [2.45, 2.75) is 0 Å². The van der Waals surface area contributed by atoms with Crippen molar-refractivity contribution >= 4 is 28.4 Å². The fourth-order valence-electron chi connectivity index (χ4n) is 0. The highest BCUT2D eigenvalue weighted by Gasteiger charge is 1.70. The summed E-state index contributed by atoms with van der Waals surface area (Å²) in [5.74, 6) is 0. The fourth-order valence-corrected chi connectivity index (χ4v) is 0. The number of hydrogen-bond donors (Lipinski definition) is 1. The standard InChI is InChI=1S/H5NOP2Si/c2-4-1(3)5/h3H2,5H3/p+1. The summed E-state index contributed by atoms with van der Waals surface area (Å²) in [7, 11) is 3.62. The van der Waals surface area contributed by atoms with Crippen LogP contribution in [0.1, 0.15) is 0 Å². The predicted molar refractivity (Wildman–Crippen MR) is 29.0 cm³/mol. The average Bonchev–Trinajstić information content (AvgIpc) is 1.38. The molecule has 1 N–H and O–H groups in total. The Bertz CT molecular complexity index is 47.6. The van der Waals surface area contributed by atoms with E-state index in [1.54, 1.807) is 3.76 Å². The monoisotopic (exact) mass is 126 g/mol. The quantitative estimate of drug-likeness (QED) is 0.330. The van der Waals surface area contributed by atoms with Gasteiger partial charge in [-0.2, -0.15) is 0 Å². The van der Waals surface area contributed by atoms with Crippen LogP contribution in [0.15, 0.2) is 0 Å². The van der Waals surface area contributed by atoms with Gasteiger partial charge in [0.05, 0.1) is 0 Å². The summed E-state index contributed by atoms with van der Waals surface area (Å²) in [6, 6.07) is 0. The van der Waals surface area contributed by atoms with Crippen LogP contribution in [0.3, 0.4) is 0 Å². The number of hydrogen-bond acceptors (Lipinski definition) is 0. The van der Waals surface area contributed by atoms with Crippen molar-refractivity contribution in [1.82, 2.24) is 0 Å². The molecule has 0 aliphatic carbocycles. The van der Waals surface area contributed by atoms with Crippen LogP contribution in [0.4, 0.5) is 0 Å². The Morgan fingerprint density at radius 2 is 2.20 bits per heavy atom. The molecule has 0 saturated heterocycles. The van der Waals surface area contributed by atoms with E-state index in [0.717, 1.165) is 10.4 Å². The maximum atomic E-state index is 8.06. The van der Waals surface area contributed by atoms with Gasteiger partial charge in [-0.15, -0.1) is 0 Å². The lowest BCUT2D eigenvalue weighted by atomic mass is 13.8. The summed E-state index contributed by atoms with van der Waals surface area (Å²) in [5.41, 5.74) is 0. The van der Waals surface area contributed by atoms with Crippen molar-refractivity contribution in [2.75, 3.05) is 0 Å². The molecule has 0 heterocycles. The van der Waals surface area contributed by atoms with Gasteiger partial charge in [-0.05, 0) is 0 Å². The van der Waals surface area contributed by atoms with E-state index in [1.165, 1.54) is 0 Å². The van der Waals surface area contributed by atoms with Crippen LogP contribution in [0.2, 0.25) is 0 Å². The first-order valence-electron chi connectivity index (χ1n) is 1.11. The minimum Gasteiger partial charge on any atom is -0.292 e. The van der Waals surface area contributed by atoms with Crippen LogP contribution < -0.4 is 0 Å². The Morgan fingerprint density at radius 3 is 2.20 bits per heavy atom. The molecule has 2 nitrogen and oxygen atoms in total. The molecule has 0 aliphatic heterocycles. The number of nitrogens with zero attached hydrogens (tertiary/aromatic N) is 1. The lowest BCUT2D eigenvalue weighted by Crippen LogP contribution is -1.73. The third kappa shape index (κ3) is 4.71. The highest BCUT2D eigenvalue weighted by molar-refractivity contribution is 7.24. The smallest absolute Gasteiger partial charge is 0.292 e. The predicted octanol–water partition coefficient (Wildman–Crippen LogP) is -0.894. The van der Waals surface area contributed by atoms with Crippen molar-refractivity contribution in [2.24, 2.45) is 0 Å². The second-order valence-corrected chi connectivity index (χ2v) is 5.43. The van der Waals surface area contributed by atoms with E-state index in [-0.39, 0.29) is 0 Å². The Labute approximate surface area is 37.9 Å². The molecule has 0 aromatic carbocycles. The van der Waals surface area contributed by atoms with Gasteiger partial charge in [0.15, 0.2) is 0 Å². The average molecular weight is 126 g/mol. The molecule has 0 aromatic rings. The van der Waals surface area contributed by atoms with Crippen LogP contribution in [-0.2, 0) is 0 Å². The first kappa shape index (κ1) is 5.71. The molecule has 5 heteroatoms. The number of rotatable bonds is 0. The summed E-state index contributed by atoms with van der Waals surface area (Å²) >= 11 is 0. The van der Waals surface area contributed by atoms with Crippen molar-refractivity contribution in [3.8, 4) is 0 Å². The molecular weight excluding hydrogens is 120 g/mol. The minimum absolute atomic E-state index is 0.355. The van der Waals surface area contributed by atoms with Crippen LogP contribution in [-0.4, -0.2) is 19.1 Å². The zero-order valence-corrected chi connectivity index (χ0v) is 6.97. The topological polar surface area (TPSA) is 23.2 Å². The minimum atomic E-state index is 0.355. The van der Waals surface area contributed by atoms with Crippen molar-refractivity contribution < 1.29 is 8.66 Å². The molecule has 0 saturated carbocycles. The van der Waals surface area contributed by atoms with E-state index in [1.807, 2.05) is 0 Å². The summed E-state index contributed by atoms with van der Waals surface area (Å²) in [5, 5.41) is 0. The van der Waals surface area contributed by atoms with Crippen LogP contribution in [0.5, 0.6) is 0 Å². The molecule has 1 atom stereocenters. The summed E-state index contributed by atoms with van der Waals surface area (Å²) in [6.45, 7) is 0. The molecule has 30 valence electrons. The Hall–Kier alpha value is 0.707. The molecule has 5 heavy (non-hydrogen) atoms. The van der Waals surface area contributed by atoms with Gasteiger partial charge in [-0.1, -0.05) is 0 Å². The first-order valence-corrected chi connectivity index (χ1v) is 3.32. The molecule has 0 rings (SSSR count). The van der Waals surface area contributed by atoms with Gasteiger partial charge in [0.2, 0.25) is 0 Å². The van der Waals surface area contributed by atoms with Crippen molar-refractivity contribution in [1.29, 1.82) is 0 Å².